The molecule has 1 aromatic rings. The largest absolute Gasteiger partial charge is 0.478 e. The molecule has 1 heterocycles. The quantitative estimate of drug-likeness (QED) is 0.787. The summed E-state index contributed by atoms with van der Waals surface area (Å²) < 4.78 is 0. The summed E-state index contributed by atoms with van der Waals surface area (Å²) in [6, 6.07) is 1.27. The molecule has 0 aromatic carbocycles. The number of halogens is 1. The molecule has 0 aliphatic carbocycles. The molecule has 0 radical (unpaired) electrons. The molecule has 1 aromatic heterocycles. The Labute approximate surface area is 86.2 Å². The highest BCUT2D eigenvalue weighted by atomic mass is 35.5. The van der Waals surface area contributed by atoms with Crippen molar-refractivity contribution in [2.24, 2.45) is 0 Å². The van der Waals surface area contributed by atoms with Crippen LogP contribution in [0.4, 0.5) is 0 Å². The van der Waals surface area contributed by atoms with Crippen LogP contribution in [0.25, 0.3) is 0 Å². The molecule has 1 rings (SSSR count). The normalized spacial score (nSPS) is 11.4. The Bertz CT molecular complexity index is 371. The van der Waals surface area contributed by atoms with Crippen LogP contribution in [-0.2, 0) is 5.60 Å². The van der Waals surface area contributed by atoms with Crippen LogP contribution in [0.15, 0.2) is 12.3 Å². The van der Waals surface area contributed by atoms with Crippen LogP contribution in [0, 0.1) is 0 Å². The number of aliphatic hydroxyl groups is 1. The second-order valence-corrected chi connectivity index (χ2v) is 3.83. The van der Waals surface area contributed by atoms with Crippen molar-refractivity contribution >= 4 is 17.6 Å². The molecule has 2 N–H and O–H groups in total. The van der Waals surface area contributed by atoms with E-state index in [9.17, 15) is 9.90 Å². The summed E-state index contributed by atoms with van der Waals surface area (Å²) in [5, 5.41) is 18.4. The van der Waals surface area contributed by atoms with Gasteiger partial charge in [-0.15, -0.1) is 0 Å². The van der Waals surface area contributed by atoms with E-state index in [2.05, 4.69) is 4.98 Å². The number of carboxylic acid groups (broad SMARTS) is 1. The van der Waals surface area contributed by atoms with E-state index in [-0.39, 0.29) is 16.3 Å². The zero-order valence-electron chi connectivity index (χ0n) is 7.78. The Hall–Kier alpha value is -1.13. The third kappa shape index (κ3) is 2.21. The molecular formula is C9H10ClNO3. The molecule has 0 bridgehead atoms. The van der Waals surface area contributed by atoms with Gasteiger partial charge in [0.1, 0.15) is 5.60 Å². The van der Waals surface area contributed by atoms with Gasteiger partial charge in [0.2, 0.25) is 0 Å². The van der Waals surface area contributed by atoms with Crippen molar-refractivity contribution in [2.45, 2.75) is 19.4 Å². The van der Waals surface area contributed by atoms with Gasteiger partial charge in [-0.05, 0) is 19.9 Å². The average molecular weight is 216 g/mol. The van der Waals surface area contributed by atoms with E-state index in [1.165, 1.54) is 26.1 Å². The maximum Gasteiger partial charge on any atom is 0.337 e. The van der Waals surface area contributed by atoms with Gasteiger partial charge in [0.25, 0.3) is 0 Å². The summed E-state index contributed by atoms with van der Waals surface area (Å²) in [6.07, 6.45) is 1.17. The van der Waals surface area contributed by atoms with Gasteiger partial charge in [0, 0.05) is 6.20 Å². The summed E-state index contributed by atoms with van der Waals surface area (Å²) >= 11 is 5.77. The van der Waals surface area contributed by atoms with Crippen molar-refractivity contribution in [2.75, 3.05) is 0 Å². The lowest BCUT2D eigenvalue weighted by Crippen LogP contribution is -2.18. The third-order valence-corrected chi connectivity index (χ3v) is 1.96. The molecule has 0 unspecified atom stereocenters. The van der Waals surface area contributed by atoms with E-state index >= 15 is 0 Å². The average Bonchev–Trinajstić information content (AvgIpc) is 2.01. The number of rotatable bonds is 2. The van der Waals surface area contributed by atoms with Gasteiger partial charge in [-0.3, -0.25) is 4.98 Å². The monoisotopic (exact) mass is 215 g/mol. The molecule has 5 heteroatoms. The standard InChI is InChI=1S/C9H10ClNO3/c1-9(2,14)7-6(10)3-5(4-11-7)8(12)13/h3-4,14H,1-2H3,(H,12,13). The second kappa shape index (κ2) is 3.55. The minimum Gasteiger partial charge on any atom is -0.478 e. The molecule has 76 valence electrons. The molecule has 0 saturated carbocycles. The molecule has 0 saturated heterocycles. The minimum atomic E-state index is -1.17. The molecular weight excluding hydrogens is 206 g/mol. The molecule has 0 amide bonds. The lowest BCUT2D eigenvalue weighted by atomic mass is 10.0. The van der Waals surface area contributed by atoms with Crippen molar-refractivity contribution in [3.05, 3.63) is 28.5 Å². The Balaban J connectivity index is 3.21. The topological polar surface area (TPSA) is 70.4 Å². The van der Waals surface area contributed by atoms with Gasteiger partial charge in [-0.25, -0.2) is 4.79 Å². The van der Waals surface area contributed by atoms with Crippen LogP contribution < -0.4 is 0 Å². The zero-order chi connectivity index (χ0) is 10.9. The van der Waals surface area contributed by atoms with Gasteiger partial charge < -0.3 is 10.2 Å². The van der Waals surface area contributed by atoms with Crippen LogP contribution in [0.3, 0.4) is 0 Å². The van der Waals surface area contributed by atoms with Crippen molar-refractivity contribution in [1.82, 2.24) is 4.98 Å². The number of aromatic carboxylic acids is 1. The number of aromatic nitrogens is 1. The van der Waals surface area contributed by atoms with Gasteiger partial charge in [0.15, 0.2) is 0 Å². The maximum atomic E-state index is 10.6. The Kier molecular flexibility index (Phi) is 2.78. The first-order valence-electron chi connectivity index (χ1n) is 3.94. The van der Waals surface area contributed by atoms with E-state index in [4.69, 9.17) is 16.7 Å². The van der Waals surface area contributed by atoms with Crippen LogP contribution in [0.5, 0.6) is 0 Å². The van der Waals surface area contributed by atoms with Gasteiger partial charge in [0.05, 0.1) is 16.3 Å². The Morgan fingerprint density at radius 3 is 2.50 bits per heavy atom. The van der Waals surface area contributed by atoms with Crippen molar-refractivity contribution in [1.29, 1.82) is 0 Å². The predicted octanol–water partition coefficient (Wildman–Crippen LogP) is 1.66. The number of hydrogen-bond acceptors (Lipinski definition) is 3. The summed E-state index contributed by atoms with van der Waals surface area (Å²) in [5.74, 6) is -1.10. The van der Waals surface area contributed by atoms with Crippen LogP contribution in [0.2, 0.25) is 5.02 Å². The Morgan fingerprint density at radius 2 is 2.14 bits per heavy atom. The van der Waals surface area contributed by atoms with Gasteiger partial charge in [-0.2, -0.15) is 0 Å². The molecule has 4 nitrogen and oxygen atoms in total. The first-order chi connectivity index (χ1) is 6.32. The smallest absolute Gasteiger partial charge is 0.337 e. The molecule has 0 atom stereocenters. The van der Waals surface area contributed by atoms with E-state index < -0.39 is 11.6 Å². The van der Waals surface area contributed by atoms with Crippen LogP contribution >= 0.6 is 11.6 Å². The maximum absolute atomic E-state index is 10.6. The van der Waals surface area contributed by atoms with E-state index in [0.717, 1.165) is 0 Å². The fourth-order valence-corrected chi connectivity index (χ4v) is 1.40. The fraction of sp³-hybridized carbons (Fsp3) is 0.333. The highest BCUT2D eigenvalue weighted by Gasteiger charge is 2.22. The number of nitrogens with zero attached hydrogens (tertiary/aromatic N) is 1. The molecule has 0 spiro atoms. The van der Waals surface area contributed by atoms with Crippen molar-refractivity contribution < 1.29 is 15.0 Å². The number of carboxylic acids is 1. The first-order valence-corrected chi connectivity index (χ1v) is 4.32. The summed E-state index contributed by atoms with van der Waals surface area (Å²) in [7, 11) is 0. The molecule has 14 heavy (non-hydrogen) atoms. The number of pyridine rings is 1. The lowest BCUT2D eigenvalue weighted by molar-refractivity contribution is 0.0684. The van der Waals surface area contributed by atoms with Gasteiger partial charge >= 0.3 is 5.97 Å². The Morgan fingerprint density at radius 1 is 1.57 bits per heavy atom. The SMILES string of the molecule is CC(C)(O)c1ncc(C(=O)O)cc1Cl. The molecule has 0 aliphatic rings. The summed E-state index contributed by atoms with van der Waals surface area (Å²) in [4.78, 5) is 14.4. The van der Waals surface area contributed by atoms with Crippen LogP contribution in [-0.4, -0.2) is 21.2 Å². The van der Waals surface area contributed by atoms with E-state index in [0.29, 0.717) is 0 Å². The highest BCUT2D eigenvalue weighted by Crippen LogP contribution is 2.25. The van der Waals surface area contributed by atoms with Crippen molar-refractivity contribution in [3.63, 3.8) is 0 Å². The molecule has 0 fully saturated rings. The second-order valence-electron chi connectivity index (χ2n) is 3.42. The van der Waals surface area contributed by atoms with Crippen LogP contribution in [0.1, 0.15) is 29.9 Å². The first kappa shape index (κ1) is 10.9. The van der Waals surface area contributed by atoms with E-state index in [1.807, 2.05) is 0 Å². The number of hydrogen-bond donors (Lipinski definition) is 2. The summed E-state index contributed by atoms with van der Waals surface area (Å²) in [5.41, 5.74) is -0.902. The minimum absolute atomic E-state index is 0.00278. The fourth-order valence-electron chi connectivity index (χ4n) is 1.01. The van der Waals surface area contributed by atoms with Gasteiger partial charge in [-0.1, -0.05) is 11.6 Å². The highest BCUT2D eigenvalue weighted by molar-refractivity contribution is 6.31. The third-order valence-electron chi connectivity index (χ3n) is 1.67. The van der Waals surface area contributed by atoms with E-state index in [1.54, 1.807) is 0 Å². The number of carbonyl (C=O) groups is 1. The summed E-state index contributed by atoms with van der Waals surface area (Å²) in [6.45, 7) is 3.06. The van der Waals surface area contributed by atoms with Crippen molar-refractivity contribution in [3.8, 4) is 0 Å². The molecule has 0 aliphatic heterocycles. The predicted molar refractivity (Wildman–Crippen MR) is 51.5 cm³/mol. The zero-order valence-corrected chi connectivity index (χ0v) is 8.54. The lowest BCUT2D eigenvalue weighted by Gasteiger charge is -2.17.